The molecule has 1 saturated heterocycles. The molecule has 2 aromatic heterocycles. The van der Waals surface area contributed by atoms with Crippen LogP contribution in [-0.4, -0.2) is 77.3 Å². The molecule has 1 aliphatic carbocycles. The fraction of sp³-hybridized carbons (Fsp3) is 0.613. The van der Waals surface area contributed by atoms with Gasteiger partial charge < -0.3 is 20.7 Å². The number of fused-ring (bicyclic) bond motifs is 1. The van der Waals surface area contributed by atoms with Crippen LogP contribution >= 0.6 is 0 Å². The molecule has 3 aromatic rings. The molecular weight excluding hydrogens is 518 g/mol. The Hall–Kier alpha value is -2.92. The smallest absolute Gasteiger partial charge is 0.167 e. The molecular formula is C31H45N7O3. The summed E-state index contributed by atoms with van der Waals surface area (Å²) in [6.45, 7) is 13.7. The molecule has 10 heteroatoms. The van der Waals surface area contributed by atoms with E-state index in [1.165, 1.54) is 23.9 Å². The van der Waals surface area contributed by atoms with Crippen molar-refractivity contribution in [2.75, 3.05) is 12.3 Å². The van der Waals surface area contributed by atoms with Crippen LogP contribution in [0, 0.1) is 5.92 Å². The standard InChI is InChI=1S/C31H45N7O3/c1-18(2)37(15-24-26(39)27(40)30(41-24)38-17-35-25-28(32)33-16-34-29(25)38)23-12-20(13-23)11-10-19(3)36-22-9-7-8-21(14-22)31(4,5)6/h7-9,14,16-18,20,23-24,26-27,30,39-40H,10-13,15H2,1-6H3,(H2,32,33,34)/t20?,23?,24-,26-,27-,30?/m1/s1. The van der Waals surface area contributed by atoms with Crippen LogP contribution in [0.5, 0.6) is 0 Å². The van der Waals surface area contributed by atoms with E-state index < -0.39 is 24.5 Å². The highest BCUT2D eigenvalue weighted by Gasteiger charge is 2.46. The maximum absolute atomic E-state index is 10.9. The summed E-state index contributed by atoms with van der Waals surface area (Å²) in [5.41, 5.74) is 10.4. The van der Waals surface area contributed by atoms with E-state index in [9.17, 15) is 10.2 Å². The number of rotatable bonds is 9. The van der Waals surface area contributed by atoms with Gasteiger partial charge in [0.25, 0.3) is 0 Å². The fourth-order valence-electron chi connectivity index (χ4n) is 6.09. The molecule has 4 atom stereocenters. The second kappa shape index (κ2) is 11.8. The minimum Gasteiger partial charge on any atom is -0.387 e. The van der Waals surface area contributed by atoms with Gasteiger partial charge in [-0.25, -0.2) is 15.0 Å². The first kappa shape index (κ1) is 29.6. The summed E-state index contributed by atoms with van der Waals surface area (Å²) in [6, 6.07) is 9.26. The first-order valence-corrected chi connectivity index (χ1v) is 14.8. The number of aliphatic imine (C=N–C) groups is 1. The Kier molecular flexibility index (Phi) is 8.48. The lowest BCUT2D eigenvalue weighted by Gasteiger charge is -2.46. The zero-order chi connectivity index (χ0) is 29.5. The highest BCUT2D eigenvalue weighted by Crippen LogP contribution is 2.38. The fourth-order valence-corrected chi connectivity index (χ4v) is 6.09. The summed E-state index contributed by atoms with van der Waals surface area (Å²) in [7, 11) is 0. The zero-order valence-electron chi connectivity index (χ0n) is 25.1. The third kappa shape index (κ3) is 6.30. The van der Waals surface area contributed by atoms with Gasteiger partial charge in [-0.05, 0) is 75.5 Å². The van der Waals surface area contributed by atoms with E-state index in [1.807, 2.05) is 0 Å². The van der Waals surface area contributed by atoms with E-state index in [0.29, 0.717) is 29.7 Å². The molecule has 5 rings (SSSR count). The summed E-state index contributed by atoms with van der Waals surface area (Å²) in [6.07, 6.45) is 3.76. The number of nitrogens with zero attached hydrogens (tertiary/aromatic N) is 6. The van der Waals surface area contributed by atoms with Gasteiger partial charge in [0, 0.05) is 24.3 Å². The number of aliphatic hydroxyl groups excluding tert-OH is 2. The van der Waals surface area contributed by atoms with E-state index in [2.05, 4.69) is 85.7 Å². The minimum absolute atomic E-state index is 0.110. The van der Waals surface area contributed by atoms with Crippen LogP contribution in [0.4, 0.5) is 11.5 Å². The predicted octanol–water partition coefficient (Wildman–Crippen LogP) is 4.39. The second-order valence-electron chi connectivity index (χ2n) is 13.1. The third-order valence-corrected chi connectivity index (χ3v) is 8.68. The van der Waals surface area contributed by atoms with Crippen molar-refractivity contribution in [1.82, 2.24) is 24.4 Å². The Morgan fingerprint density at radius 2 is 1.93 bits per heavy atom. The van der Waals surface area contributed by atoms with Crippen LogP contribution in [0.3, 0.4) is 0 Å². The van der Waals surface area contributed by atoms with Crippen LogP contribution in [0.25, 0.3) is 11.2 Å². The molecule has 1 unspecified atom stereocenters. The lowest BCUT2D eigenvalue weighted by atomic mass is 9.76. The maximum Gasteiger partial charge on any atom is 0.167 e. The largest absolute Gasteiger partial charge is 0.387 e. The number of imidazole rings is 1. The average Bonchev–Trinajstić information content (AvgIpc) is 3.43. The van der Waals surface area contributed by atoms with Crippen molar-refractivity contribution in [3.05, 3.63) is 42.5 Å². The van der Waals surface area contributed by atoms with Crippen molar-refractivity contribution in [3.63, 3.8) is 0 Å². The molecule has 222 valence electrons. The highest BCUT2D eigenvalue weighted by molar-refractivity contribution is 5.84. The van der Waals surface area contributed by atoms with Gasteiger partial charge in [0.2, 0.25) is 0 Å². The van der Waals surface area contributed by atoms with Gasteiger partial charge in [0.05, 0.1) is 12.0 Å². The number of benzene rings is 1. The molecule has 3 heterocycles. The van der Waals surface area contributed by atoms with Crippen molar-refractivity contribution < 1.29 is 14.9 Å². The number of ether oxygens (including phenoxy) is 1. The summed E-state index contributed by atoms with van der Waals surface area (Å²) in [4.78, 5) is 19.8. The number of hydrogen-bond donors (Lipinski definition) is 3. The zero-order valence-corrected chi connectivity index (χ0v) is 25.1. The predicted molar refractivity (Wildman–Crippen MR) is 161 cm³/mol. The first-order valence-electron chi connectivity index (χ1n) is 14.8. The monoisotopic (exact) mass is 563 g/mol. The Bertz CT molecular complexity index is 1380. The molecule has 10 nitrogen and oxygen atoms in total. The summed E-state index contributed by atoms with van der Waals surface area (Å²) in [5.74, 6) is 0.919. The molecule has 0 bridgehead atoms. The molecule has 1 aliphatic heterocycles. The average molecular weight is 564 g/mol. The van der Waals surface area contributed by atoms with Gasteiger partial charge in [-0.15, -0.1) is 0 Å². The maximum atomic E-state index is 10.9. The molecule has 2 fully saturated rings. The van der Waals surface area contributed by atoms with Crippen molar-refractivity contribution in [3.8, 4) is 0 Å². The van der Waals surface area contributed by atoms with Crippen molar-refractivity contribution in [2.45, 2.75) is 109 Å². The summed E-state index contributed by atoms with van der Waals surface area (Å²) < 4.78 is 7.86. The van der Waals surface area contributed by atoms with Gasteiger partial charge in [-0.1, -0.05) is 32.9 Å². The Balaban J connectivity index is 1.16. The highest BCUT2D eigenvalue weighted by atomic mass is 16.6. The van der Waals surface area contributed by atoms with Crippen LogP contribution in [0.2, 0.25) is 0 Å². The van der Waals surface area contributed by atoms with Gasteiger partial charge in [-0.3, -0.25) is 14.5 Å². The van der Waals surface area contributed by atoms with Gasteiger partial charge in [0.1, 0.15) is 30.2 Å². The minimum atomic E-state index is -1.11. The van der Waals surface area contributed by atoms with Crippen LogP contribution in [0.15, 0.2) is 41.9 Å². The molecule has 0 amide bonds. The molecule has 2 aliphatic rings. The first-order chi connectivity index (χ1) is 19.4. The number of hydrogen-bond acceptors (Lipinski definition) is 9. The number of anilines is 1. The lowest BCUT2D eigenvalue weighted by Crippen LogP contribution is -2.52. The van der Waals surface area contributed by atoms with Crippen LogP contribution in [-0.2, 0) is 10.2 Å². The van der Waals surface area contributed by atoms with Crippen molar-refractivity contribution >= 4 is 28.4 Å². The molecule has 0 spiro atoms. The normalized spacial score (nSPS) is 27.2. The quantitative estimate of drug-likeness (QED) is 0.326. The Morgan fingerprint density at radius 3 is 2.63 bits per heavy atom. The summed E-state index contributed by atoms with van der Waals surface area (Å²) >= 11 is 0. The molecule has 0 radical (unpaired) electrons. The van der Waals surface area contributed by atoms with Crippen LogP contribution in [0.1, 0.15) is 79.0 Å². The van der Waals surface area contributed by atoms with E-state index in [4.69, 9.17) is 15.5 Å². The second-order valence-corrected chi connectivity index (χ2v) is 13.1. The molecule has 41 heavy (non-hydrogen) atoms. The van der Waals surface area contributed by atoms with Crippen LogP contribution < -0.4 is 5.73 Å². The van der Waals surface area contributed by atoms with E-state index in [-0.39, 0.29) is 17.3 Å². The van der Waals surface area contributed by atoms with Gasteiger partial charge >= 0.3 is 0 Å². The lowest BCUT2D eigenvalue weighted by molar-refractivity contribution is -0.0619. The van der Waals surface area contributed by atoms with Gasteiger partial charge in [-0.2, -0.15) is 0 Å². The molecule has 4 N–H and O–H groups in total. The number of aliphatic hydroxyl groups is 2. The van der Waals surface area contributed by atoms with Gasteiger partial charge in [0.15, 0.2) is 17.7 Å². The van der Waals surface area contributed by atoms with E-state index in [0.717, 1.165) is 31.4 Å². The molecule has 1 aromatic carbocycles. The molecule has 1 saturated carbocycles. The topological polar surface area (TPSA) is 135 Å². The Labute approximate surface area is 242 Å². The number of nitrogens with two attached hydrogens (primary N) is 1. The van der Waals surface area contributed by atoms with Crippen molar-refractivity contribution in [2.24, 2.45) is 10.9 Å². The Morgan fingerprint density at radius 1 is 1.17 bits per heavy atom. The number of aromatic nitrogens is 4. The van der Waals surface area contributed by atoms with Crippen molar-refractivity contribution in [1.29, 1.82) is 0 Å². The summed E-state index contributed by atoms with van der Waals surface area (Å²) in [5, 5.41) is 21.8. The van der Waals surface area contributed by atoms with E-state index >= 15 is 0 Å². The number of nitrogen functional groups attached to an aromatic ring is 1. The SMILES string of the molecule is CC(CCC1CC(N(C[C@H]2OC(n3cnc4c(N)ncnc43)[C@H](O)[C@@H]2O)C(C)C)C1)=Nc1cccc(C(C)(C)C)c1. The third-order valence-electron chi connectivity index (χ3n) is 8.68. The van der Waals surface area contributed by atoms with E-state index in [1.54, 1.807) is 4.57 Å².